The van der Waals surface area contributed by atoms with Crippen molar-refractivity contribution in [2.45, 2.75) is 30.2 Å². The molecular weight excluding hydrogens is 258 g/mol. The number of nitrogens with one attached hydrogen (secondary N) is 1. The Morgan fingerprint density at radius 3 is 2.65 bits per heavy atom. The molecule has 0 aliphatic heterocycles. The highest BCUT2D eigenvalue weighted by atomic mass is 35.5. The second-order valence-corrected chi connectivity index (χ2v) is 6.82. The molecule has 1 N–H and O–H groups in total. The molecule has 0 atom stereocenters. The Morgan fingerprint density at radius 1 is 1.29 bits per heavy atom. The van der Waals surface area contributed by atoms with Gasteiger partial charge in [0.2, 0.25) is 0 Å². The fraction of sp³-hybridized carbons (Fsp3) is 0.500. The average Bonchev–Trinajstić information content (AvgIpc) is 3.09. The molecule has 1 fully saturated rings. The molecule has 17 heavy (non-hydrogen) atoms. The van der Waals surface area contributed by atoms with Gasteiger partial charge >= 0.3 is 0 Å². The minimum absolute atomic E-state index is 0.149. The van der Waals surface area contributed by atoms with Crippen LogP contribution in [0.4, 0.5) is 0 Å². The normalized spacial score (nSPS) is 16.1. The van der Waals surface area contributed by atoms with Crippen molar-refractivity contribution in [3.05, 3.63) is 29.3 Å². The van der Waals surface area contributed by atoms with Crippen molar-refractivity contribution < 1.29 is 8.42 Å². The minimum atomic E-state index is -3.24. The van der Waals surface area contributed by atoms with E-state index in [-0.39, 0.29) is 10.6 Å². The van der Waals surface area contributed by atoms with Crippen molar-refractivity contribution in [3.63, 3.8) is 0 Å². The standard InChI is InChI=1S/C12H16ClNO2S/c13-11-4-1-2-5-12(11)17(15,16)9-3-8-14-10-6-7-10/h1-2,4-5,10,14H,3,6-9H2. The van der Waals surface area contributed by atoms with Gasteiger partial charge in [0.1, 0.15) is 0 Å². The molecule has 0 aromatic heterocycles. The van der Waals surface area contributed by atoms with E-state index in [2.05, 4.69) is 5.32 Å². The first-order chi connectivity index (χ1) is 8.09. The quantitative estimate of drug-likeness (QED) is 0.809. The lowest BCUT2D eigenvalue weighted by atomic mass is 10.4. The molecule has 1 aliphatic carbocycles. The van der Waals surface area contributed by atoms with E-state index in [4.69, 9.17) is 11.6 Å². The first kappa shape index (κ1) is 12.9. The molecule has 1 aromatic rings. The van der Waals surface area contributed by atoms with Crippen molar-refractivity contribution in [2.75, 3.05) is 12.3 Å². The molecule has 2 rings (SSSR count). The maximum atomic E-state index is 12.0. The summed E-state index contributed by atoms with van der Waals surface area (Å²) in [5.74, 6) is 0.149. The topological polar surface area (TPSA) is 46.2 Å². The third-order valence-electron chi connectivity index (χ3n) is 2.77. The SMILES string of the molecule is O=S(=O)(CCCNC1CC1)c1ccccc1Cl. The smallest absolute Gasteiger partial charge is 0.179 e. The molecule has 0 heterocycles. The summed E-state index contributed by atoms with van der Waals surface area (Å²) in [6, 6.07) is 7.22. The highest BCUT2D eigenvalue weighted by molar-refractivity contribution is 7.91. The highest BCUT2D eigenvalue weighted by Crippen LogP contribution is 2.22. The summed E-state index contributed by atoms with van der Waals surface area (Å²) < 4.78 is 24.0. The fourth-order valence-corrected chi connectivity index (χ4v) is 3.55. The third kappa shape index (κ3) is 3.69. The maximum absolute atomic E-state index is 12.0. The first-order valence-electron chi connectivity index (χ1n) is 5.80. The van der Waals surface area contributed by atoms with Crippen LogP contribution in [0.1, 0.15) is 19.3 Å². The summed E-state index contributed by atoms with van der Waals surface area (Å²) in [5, 5.41) is 3.61. The van der Waals surface area contributed by atoms with Crippen LogP contribution in [0.25, 0.3) is 0 Å². The van der Waals surface area contributed by atoms with Crippen LogP contribution < -0.4 is 5.32 Å². The molecular formula is C12H16ClNO2S. The van der Waals surface area contributed by atoms with E-state index in [1.54, 1.807) is 24.3 Å². The maximum Gasteiger partial charge on any atom is 0.179 e. The molecule has 0 saturated heterocycles. The molecule has 1 aromatic carbocycles. The Balaban J connectivity index is 1.91. The van der Waals surface area contributed by atoms with E-state index in [1.165, 1.54) is 12.8 Å². The van der Waals surface area contributed by atoms with Gasteiger partial charge in [-0.2, -0.15) is 0 Å². The Hall–Kier alpha value is -0.580. The molecule has 94 valence electrons. The van der Waals surface area contributed by atoms with Gasteiger partial charge in [-0.3, -0.25) is 0 Å². The van der Waals surface area contributed by atoms with Gasteiger partial charge < -0.3 is 5.32 Å². The van der Waals surface area contributed by atoms with Gasteiger partial charge in [0.25, 0.3) is 0 Å². The van der Waals surface area contributed by atoms with E-state index < -0.39 is 9.84 Å². The third-order valence-corrected chi connectivity index (χ3v) is 5.07. The van der Waals surface area contributed by atoms with Crippen LogP contribution in [0.3, 0.4) is 0 Å². The lowest BCUT2D eigenvalue weighted by Gasteiger charge is -2.06. The Morgan fingerprint density at radius 2 is 2.00 bits per heavy atom. The van der Waals surface area contributed by atoms with Crippen molar-refractivity contribution >= 4 is 21.4 Å². The number of hydrogen-bond acceptors (Lipinski definition) is 3. The summed E-state index contributed by atoms with van der Waals surface area (Å²) in [6.07, 6.45) is 3.07. The van der Waals surface area contributed by atoms with Gasteiger partial charge in [-0.25, -0.2) is 8.42 Å². The van der Waals surface area contributed by atoms with Crippen molar-refractivity contribution in [1.82, 2.24) is 5.32 Å². The molecule has 0 bridgehead atoms. The molecule has 0 spiro atoms. The van der Waals surface area contributed by atoms with Gasteiger partial charge in [0.15, 0.2) is 9.84 Å². The average molecular weight is 274 g/mol. The number of rotatable bonds is 6. The zero-order valence-corrected chi connectivity index (χ0v) is 11.1. The van der Waals surface area contributed by atoms with Crippen LogP contribution in [-0.4, -0.2) is 26.8 Å². The molecule has 0 radical (unpaired) electrons. The summed E-state index contributed by atoms with van der Waals surface area (Å²) in [4.78, 5) is 0.244. The van der Waals surface area contributed by atoms with Crippen LogP contribution in [0.5, 0.6) is 0 Å². The second kappa shape index (κ2) is 5.38. The summed E-state index contributed by atoms with van der Waals surface area (Å²) in [5.41, 5.74) is 0. The van der Waals surface area contributed by atoms with E-state index in [9.17, 15) is 8.42 Å². The summed E-state index contributed by atoms with van der Waals surface area (Å²) >= 11 is 5.89. The monoisotopic (exact) mass is 273 g/mol. The number of halogens is 1. The molecule has 0 amide bonds. The van der Waals surface area contributed by atoms with Gasteiger partial charge in [0.05, 0.1) is 15.7 Å². The summed E-state index contributed by atoms with van der Waals surface area (Å²) in [7, 11) is -3.24. The van der Waals surface area contributed by atoms with Crippen LogP contribution in [0.2, 0.25) is 5.02 Å². The molecule has 3 nitrogen and oxygen atoms in total. The van der Waals surface area contributed by atoms with Crippen molar-refractivity contribution in [3.8, 4) is 0 Å². The Labute approximate surface area is 107 Å². The zero-order chi connectivity index (χ0) is 12.3. The minimum Gasteiger partial charge on any atom is -0.314 e. The van der Waals surface area contributed by atoms with Crippen molar-refractivity contribution in [1.29, 1.82) is 0 Å². The van der Waals surface area contributed by atoms with E-state index in [0.29, 0.717) is 17.5 Å². The predicted molar refractivity (Wildman–Crippen MR) is 69.1 cm³/mol. The van der Waals surface area contributed by atoms with E-state index in [1.807, 2.05) is 0 Å². The van der Waals surface area contributed by atoms with Gasteiger partial charge in [-0.1, -0.05) is 23.7 Å². The second-order valence-electron chi connectivity index (χ2n) is 4.33. The number of hydrogen-bond donors (Lipinski definition) is 1. The number of benzene rings is 1. The van der Waals surface area contributed by atoms with Crippen LogP contribution >= 0.6 is 11.6 Å². The fourth-order valence-electron chi connectivity index (χ4n) is 1.66. The lowest BCUT2D eigenvalue weighted by molar-refractivity contribution is 0.588. The molecule has 0 unspecified atom stereocenters. The van der Waals surface area contributed by atoms with Gasteiger partial charge in [0, 0.05) is 6.04 Å². The predicted octanol–water partition coefficient (Wildman–Crippen LogP) is 2.26. The van der Waals surface area contributed by atoms with E-state index in [0.717, 1.165) is 6.54 Å². The number of sulfone groups is 1. The molecule has 1 saturated carbocycles. The van der Waals surface area contributed by atoms with Crippen LogP contribution in [0, 0.1) is 0 Å². The zero-order valence-electron chi connectivity index (χ0n) is 9.52. The lowest BCUT2D eigenvalue weighted by Crippen LogP contribution is -2.20. The molecule has 5 heteroatoms. The van der Waals surface area contributed by atoms with Crippen molar-refractivity contribution in [2.24, 2.45) is 0 Å². The van der Waals surface area contributed by atoms with E-state index >= 15 is 0 Å². The van der Waals surface area contributed by atoms with Crippen LogP contribution in [-0.2, 0) is 9.84 Å². The summed E-state index contributed by atoms with van der Waals surface area (Å²) in [6.45, 7) is 0.758. The molecule has 1 aliphatic rings. The Kier molecular flexibility index (Phi) is 4.07. The van der Waals surface area contributed by atoms with Gasteiger partial charge in [-0.05, 0) is 37.9 Å². The van der Waals surface area contributed by atoms with Gasteiger partial charge in [-0.15, -0.1) is 0 Å². The Bertz CT molecular complexity index is 483. The first-order valence-corrected chi connectivity index (χ1v) is 7.83. The largest absolute Gasteiger partial charge is 0.314 e. The highest BCUT2D eigenvalue weighted by Gasteiger charge is 2.21. The van der Waals surface area contributed by atoms with Crippen LogP contribution in [0.15, 0.2) is 29.2 Å².